The Labute approximate surface area is 113 Å². The van der Waals surface area contributed by atoms with Gasteiger partial charge in [-0.15, -0.1) is 0 Å². The highest BCUT2D eigenvalue weighted by molar-refractivity contribution is 14.3. The van der Waals surface area contributed by atoms with E-state index in [4.69, 9.17) is 0 Å². The molecule has 0 fully saturated rings. The molecule has 0 aliphatic carbocycles. The molecule has 5 nitrogen and oxygen atoms in total. The van der Waals surface area contributed by atoms with Gasteiger partial charge < -0.3 is 0 Å². The number of nitro groups is 1. The summed E-state index contributed by atoms with van der Waals surface area (Å²) in [5, 5.41) is 10.4. The summed E-state index contributed by atoms with van der Waals surface area (Å²) in [5.41, 5.74) is -0.111. The van der Waals surface area contributed by atoms with Gasteiger partial charge in [0.1, 0.15) is 0 Å². The topological polar surface area (TPSA) is 77.3 Å². The zero-order valence-electron chi connectivity index (χ0n) is 7.00. The van der Waals surface area contributed by atoms with Gasteiger partial charge in [0, 0.05) is 12.1 Å². The van der Waals surface area contributed by atoms with Gasteiger partial charge in [0.05, 0.1) is 9.82 Å². The molecule has 0 aliphatic rings. The minimum absolute atomic E-state index is 0.111. The van der Waals surface area contributed by atoms with E-state index in [9.17, 15) is 18.5 Å². The maximum absolute atomic E-state index is 11.7. The molecule has 0 amide bonds. The van der Waals surface area contributed by atoms with Crippen LogP contribution in [0.25, 0.3) is 0 Å². The van der Waals surface area contributed by atoms with Crippen LogP contribution in [0.3, 0.4) is 0 Å². The van der Waals surface area contributed by atoms with Crippen molar-refractivity contribution in [3.05, 3.63) is 34.4 Å². The number of hydrogen-bond donors (Lipinski definition) is 0. The average molecular weight is 471 g/mol. The fraction of sp³-hybridized carbons (Fsp3) is 0. The van der Waals surface area contributed by atoms with E-state index in [0.29, 0.717) is 0 Å². The molecule has 82 valence electrons. The highest BCUT2D eigenvalue weighted by atomic mass is 127. The molecular formula is C6H4I2NO4PS. The van der Waals surface area contributed by atoms with Gasteiger partial charge >= 0.3 is 0 Å². The van der Waals surface area contributed by atoms with Gasteiger partial charge in [0.25, 0.3) is 5.69 Å². The molecule has 1 aromatic carbocycles. The van der Waals surface area contributed by atoms with Crippen LogP contribution in [0.2, 0.25) is 0 Å². The number of benzene rings is 1. The molecule has 0 unspecified atom stereocenters. The third-order valence-corrected chi connectivity index (χ3v) is 13.8. The second-order valence-corrected chi connectivity index (χ2v) is 22.0. The monoisotopic (exact) mass is 471 g/mol. The first-order valence-corrected chi connectivity index (χ1v) is 12.5. The number of nitrogens with zero attached hydrogens (tertiary/aromatic N) is 1. The van der Waals surface area contributed by atoms with E-state index in [2.05, 4.69) is 0 Å². The SMILES string of the molecule is O=[N+]([O-])c1ccc(S(=O)(=O)P(I)I)cc1. The lowest BCUT2D eigenvalue weighted by Crippen LogP contribution is -1.94. The summed E-state index contributed by atoms with van der Waals surface area (Å²) in [5.74, 6) is 0. The van der Waals surface area contributed by atoms with Crippen LogP contribution in [0.15, 0.2) is 29.2 Å². The molecule has 0 saturated heterocycles. The van der Waals surface area contributed by atoms with Gasteiger partial charge in [-0.1, -0.05) is 0 Å². The Hall–Kier alpha value is 0.460. The Kier molecular flexibility index (Phi) is 4.68. The average Bonchev–Trinajstić information content (AvgIpc) is 2.17. The molecule has 0 N–H and O–H groups in total. The first-order valence-electron chi connectivity index (χ1n) is 3.47. The van der Waals surface area contributed by atoms with E-state index < -0.39 is 16.8 Å². The van der Waals surface area contributed by atoms with Crippen molar-refractivity contribution >= 4 is 61.6 Å². The summed E-state index contributed by atoms with van der Waals surface area (Å²) >= 11 is 3.68. The molecule has 1 rings (SSSR count). The van der Waals surface area contributed by atoms with Crippen LogP contribution in [-0.4, -0.2) is 13.3 Å². The summed E-state index contributed by atoms with van der Waals surface area (Å²) < 4.78 is 22.1. The van der Waals surface area contributed by atoms with Crippen molar-refractivity contribution in [2.45, 2.75) is 4.90 Å². The second kappa shape index (κ2) is 5.19. The van der Waals surface area contributed by atoms with Crippen LogP contribution < -0.4 is 0 Å². The Balaban J connectivity index is 3.15. The summed E-state index contributed by atoms with van der Waals surface area (Å²) in [6, 6.07) is 4.91. The number of rotatable bonds is 3. The first-order chi connectivity index (χ1) is 6.85. The smallest absolute Gasteiger partial charge is 0.258 e. The molecule has 0 bridgehead atoms. The van der Waals surface area contributed by atoms with Crippen molar-refractivity contribution < 1.29 is 13.3 Å². The maximum Gasteiger partial charge on any atom is 0.269 e. The van der Waals surface area contributed by atoms with Gasteiger partial charge in [-0.2, -0.15) is 0 Å². The fourth-order valence-corrected chi connectivity index (χ4v) is 6.40. The van der Waals surface area contributed by atoms with Crippen LogP contribution in [0.4, 0.5) is 5.69 Å². The van der Waals surface area contributed by atoms with Crippen LogP contribution in [-0.2, 0) is 9.46 Å². The predicted octanol–water partition coefficient (Wildman–Crippen LogP) is 3.47. The number of nitro benzene ring substituents is 1. The zero-order chi connectivity index (χ0) is 11.6. The summed E-state index contributed by atoms with van der Waals surface area (Å²) in [6.45, 7) is 0. The van der Waals surface area contributed by atoms with Crippen molar-refractivity contribution in [2.24, 2.45) is 0 Å². The molecule has 0 spiro atoms. The Morgan fingerprint density at radius 2 is 1.67 bits per heavy atom. The van der Waals surface area contributed by atoms with Gasteiger partial charge in [0.15, 0.2) is 2.41 Å². The highest BCUT2D eigenvalue weighted by Crippen LogP contribution is 2.61. The molecule has 0 saturated carbocycles. The van der Waals surface area contributed by atoms with Crippen molar-refractivity contribution in [2.75, 3.05) is 0 Å². The largest absolute Gasteiger partial charge is 0.269 e. The maximum atomic E-state index is 11.7. The lowest BCUT2D eigenvalue weighted by Gasteiger charge is -2.03. The Bertz CT molecular complexity index is 472. The molecule has 9 heteroatoms. The molecule has 0 radical (unpaired) electrons. The van der Waals surface area contributed by atoms with Crippen LogP contribution >= 0.6 is 46.5 Å². The quantitative estimate of drug-likeness (QED) is 0.293. The molecule has 15 heavy (non-hydrogen) atoms. The van der Waals surface area contributed by atoms with Crippen LogP contribution in [0, 0.1) is 10.1 Å². The predicted molar refractivity (Wildman–Crippen MR) is 75.2 cm³/mol. The van der Waals surface area contributed by atoms with Gasteiger partial charge in [-0.3, -0.25) is 10.1 Å². The molecular weight excluding hydrogens is 467 g/mol. The lowest BCUT2D eigenvalue weighted by molar-refractivity contribution is -0.384. The van der Waals surface area contributed by atoms with E-state index in [1.54, 1.807) is 0 Å². The van der Waals surface area contributed by atoms with Gasteiger partial charge in [-0.25, -0.2) is 8.42 Å². The van der Waals surface area contributed by atoms with Crippen molar-refractivity contribution in [3.8, 4) is 0 Å². The zero-order valence-corrected chi connectivity index (χ0v) is 13.0. The van der Waals surface area contributed by atoms with E-state index in [1.165, 1.54) is 24.3 Å². The van der Waals surface area contributed by atoms with E-state index in [1.807, 2.05) is 44.1 Å². The number of hydrogen-bond acceptors (Lipinski definition) is 4. The van der Waals surface area contributed by atoms with Crippen molar-refractivity contribution in [1.29, 1.82) is 0 Å². The molecule has 0 atom stereocenters. The molecule has 1 aromatic rings. The number of halogens is 2. The third-order valence-electron chi connectivity index (χ3n) is 1.53. The fourth-order valence-electron chi connectivity index (χ4n) is 0.820. The van der Waals surface area contributed by atoms with Crippen molar-refractivity contribution in [1.82, 2.24) is 0 Å². The minimum Gasteiger partial charge on any atom is -0.258 e. The van der Waals surface area contributed by atoms with E-state index >= 15 is 0 Å². The Morgan fingerprint density at radius 1 is 1.20 bits per heavy atom. The second-order valence-electron chi connectivity index (χ2n) is 2.43. The molecule has 0 aliphatic heterocycles. The first kappa shape index (κ1) is 13.5. The van der Waals surface area contributed by atoms with E-state index in [0.717, 1.165) is 0 Å². The molecule has 0 heterocycles. The summed E-state index contributed by atoms with van der Waals surface area (Å²) in [6.07, 6.45) is 0. The van der Waals surface area contributed by atoms with Gasteiger partial charge in [0.2, 0.25) is 9.46 Å². The van der Waals surface area contributed by atoms with Gasteiger partial charge in [-0.05, 0) is 56.2 Å². The summed E-state index contributed by atoms with van der Waals surface area (Å²) in [4.78, 5) is 9.92. The summed E-state index contributed by atoms with van der Waals surface area (Å²) in [7, 11) is -3.30. The van der Waals surface area contributed by atoms with Crippen LogP contribution in [0.1, 0.15) is 0 Å². The third kappa shape index (κ3) is 3.21. The lowest BCUT2D eigenvalue weighted by atomic mass is 10.3. The minimum atomic E-state index is -3.30. The Morgan fingerprint density at radius 3 is 2.00 bits per heavy atom. The standard InChI is InChI=1S/C6H4I2NO4PS/c7-14(8)15(12,13)6-3-1-5(2-4-6)9(10)11/h1-4H. The normalized spacial score (nSPS) is 11.7. The van der Waals surface area contributed by atoms with E-state index in [-0.39, 0.29) is 10.6 Å². The number of non-ortho nitro benzene ring substituents is 1. The van der Waals surface area contributed by atoms with Crippen LogP contribution in [0.5, 0.6) is 0 Å². The highest BCUT2D eigenvalue weighted by Gasteiger charge is 2.22. The van der Waals surface area contributed by atoms with Crippen molar-refractivity contribution in [3.63, 3.8) is 0 Å². The molecule has 0 aromatic heterocycles.